The maximum atomic E-state index is 3.77. The van der Waals surface area contributed by atoms with E-state index in [2.05, 4.69) is 39.5 Å². The van der Waals surface area contributed by atoms with E-state index in [1.54, 1.807) is 0 Å². The third-order valence-electron chi connectivity index (χ3n) is 2.15. The van der Waals surface area contributed by atoms with Crippen molar-refractivity contribution in [2.24, 2.45) is 5.41 Å². The van der Waals surface area contributed by atoms with Gasteiger partial charge in [-0.1, -0.05) is 44.2 Å². The second-order valence-corrected chi connectivity index (χ2v) is 3.94. The first kappa shape index (κ1) is 8.32. The molecule has 0 unspecified atom stereocenters. The predicted molar refractivity (Wildman–Crippen MR) is 50.4 cm³/mol. The molecule has 0 heteroatoms. The Morgan fingerprint density at radius 2 is 2.18 bits per heavy atom. The Kier molecular flexibility index (Phi) is 2.03. The van der Waals surface area contributed by atoms with Crippen molar-refractivity contribution in [1.82, 2.24) is 0 Å². The molecule has 0 heterocycles. The molecule has 1 aliphatic carbocycles. The summed E-state index contributed by atoms with van der Waals surface area (Å²) in [7, 11) is 0. The molecule has 0 radical (unpaired) electrons. The molecule has 1 aliphatic rings. The topological polar surface area (TPSA) is 0 Å². The van der Waals surface area contributed by atoms with Gasteiger partial charge in [0.25, 0.3) is 0 Å². The van der Waals surface area contributed by atoms with Crippen LogP contribution in [0.5, 0.6) is 0 Å². The molecule has 0 aliphatic heterocycles. The molecular weight excluding hydrogens is 132 g/mol. The predicted octanol–water partition coefficient (Wildman–Crippen LogP) is 3.48. The molecule has 0 spiro atoms. The first-order valence-electron chi connectivity index (χ1n) is 4.06. The first-order valence-corrected chi connectivity index (χ1v) is 4.06. The molecule has 0 aromatic carbocycles. The Morgan fingerprint density at radius 3 is 2.64 bits per heavy atom. The van der Waals surface area contributed by atoms with Crippen molar-refractivity contribution in [3.63, 3.8) is 0 Å². The summed E-state index contributed by atoms with van der Waals surface area (Å²) in [6, 6.07) is 0. The lowest BCUT2D eigenvalue weighted by Crippen LogP contribution is -2.11. The molecule has 1 rings (SSSR count). The number of hydrogen-bond donors (Lipinski definition) is 0. The lowest BCUT2D eigenvalue weighted by molar-refractivity contribution is 0.468. The Balaban J connectivity index is 2.91. The van der Waals surface area contributed by atoms with E-state index < -0.39 is 0 Å². The molecule has 60 valence electrons. The third-order valence-corrected chi connectivity index (χ3v) is 2.15. The average Bonchev–Trinajstić information content (AvgIpc) is 1.86. The van der Waals surface area contributed by atoms with E-state index in [0.29, 0.717) is 5.41 Å². The summed E-state index contributed by atoms with van der Waals surface area (Å²) >= 11 is 0. The molecule has 0 N–H and O–H groups in total. The molecule has 0 saturated carbocycles. The fourth-order valence-electron chi connectivity index (χ4n) is 1.54. The lowest BCUT2D eigenvalue weighted by atomic mass is 9.80. The van der Waals surface area contributed by atoms with E-state index in [-0.39, 0.29) is 0 Å². The molecule has 0 saturated heterocycles. The summed E-state index contributed by atoms with van der Waals surface area (Å²) in [4.78, 5) is 0. The highest BCUT2D eigenvalue weighted by molar-refractivity contribution is 5.38. The Bertz CT molecular complexity index is 226. The molecule has 0 atom stereocenters. The van der Waals surface area contributed by atoms with Crippen molar-refractivity contribution in [3.05, 3.63) is 36.0 Å². The fourth-order valence-corrected chi connectivity index (χ4v) is 1.54. The van der Waals surface area contributed by atoms with Crippen LogP contribution in [0.25, 0.3) is 0 Å². The average molecular weight is 148 g/mol. The van der Waals surface area contributed by atoms with Crippen molar-refractivity contribution >= 4 is 0 Å². The van der Waals surface area contributed by atoms with Crippen LogP contribution in [0.4, 0.5) is 0 Å². The van der Waals surface area contributed by atoms with Crippen LogP contribution < -0.4 is 0 Å². The fraction of sp³-hybridized carbons (Fsp3) is 0.455. The largest absolute Gasteiger partial charge is 0.0985 e. The van der Waals surface area contributed by atoms with Crippen molar-refractivity contribution < 1.29 is 0 Å². The van der Waals surface area contributed by atoms with Gasteiger partial charge in [0.15, 0.2) is 0 Å². The summed E-state index contributed by atoms with van der Waals surface area (Å²) in [6.07, 6.45) is 7.52. The van der Waals surface area contributed by atoms with Gasteiger partial charge in [-0.05, 0) is 24.3 Å². The Labute approximate surface area is 69.3 Å². The van der Waals surface area contributed by atoms with E-state index in [1.807, 2.05) is 6.08 Å². The van der Waals surface area contributed by atoms with Gasteiger partial charge < -0.3 is 0 Å². The van der Waals surface area contributed by atoms with E-state index >= 15 is 0 Å². The maximum Gasteiger partial charge on any atom is -0.0134 e. The third kappa shape index (κ3) is 1.83. The van der Waals surface area contributed by atoms with Gasteiger partial charge in [-0.3, -0.25) is 0 Å². The maximum absolute atomic E-state index is 3.77. The van der Waals surface area contributed by atoms with Crippen LogP contribution in [0.1, 0.15) is 27.2 Å². The SMILES string of the molecule is C=CC1=C(C)CC(C)(C)C=C1. The molecule has 0 aromatic heterocycles. The highest BCUT2D eigenvalue weighted by Crippen LogP contribution is 2.33. The van der Waals surface area contributed by atoms with Crippen molar-refractivity contribution in [2.75, 3.05) is 0 Å². The van der Waals surface area contributed by atoms with Crippen molar-refractivity contribution in [1.29, 1.82) is 0 Å². The zero-order valence-corrected chi connectivity index (χ0v) is 7.65. The van der Waals surface area contributed by atoms with Crippen LogP contribution in [-0.2, 0) is 0 Å². The Hall–Kier alpha value is -0.780. The van der Waals surface area contributed by atoms with Crippen LogP contribution >= 0.6 is 0 Å². The van der Waals surface area contributed by atoms with Crippen LogP contribution in [0.15, 0.2) is 36.0 Å². The highest BCUT2D eigenvalue weighted by atomic mass is 14.2. The quantitative estimate of drug-likeness (QED) is 0.534. The van der Waals surface area contributed by atoms with Crippen molar-refractivity contribution in [3.8, 4) is 0 Å². The Morgan fingerprint density at radius 1 is 1.55 bits per heavy atom. The minimum atomic E-state index is 0.344. The van der Waals surface area contributed by atoms with Gasteiger partial charge in [0.05, 0.1) is 0 Å². The summed E-state index contributed by atoms with van der Waals surface area (Å²) < 4.78 is 0. The summed E-state index contributed by atoms with van der Waals surface area (Å²) in [6.45, 7) is 10.5. The van der Waals surface area contributed by atoms with Gasteiger partial charge in [-0.25, -0.2) is 0 Å². The number of allylic oxidation sites excluding steroid dienone is 5. The first-order chi connectivity index (χ1) is 5.05. The standard InChI is InChI=1S/C11H16/c1-5-10-6-7-11(3,4)8-9(10)2/h5-7H,1,8H2,2-4H3. The van der Waals surface area contributed by atoms with Gasteiger partial charge in [0, 0.05) is 0 Å². The van der Waals surface area contributed by atoms with Crippen LogP contribution in [0.2, 0.25) is 0 Å². The second-order valence-electron chi connectivity index (χ2n) is 3.94. The number of hydrogen-bond acceptors (Lipinski definition) is 0. The normalized spacial score (nSPS) is 22.1. The van der Waals surface area contributed by atoms with Crippen LogP contribution in [0.3, 0.4) is 0 Å². The van der Waals surface area contributed by atoms with Gasteiger partial charge in [-0.15, -0.1) is 0 Å². The summed E-state index contributed by atoms with van der Waals surface area (Å²) in [5.41, 5.74) is 3.09. The van der Waals surface area contributed by atoms with E-state index in [9.17, 15) is 0 Å². The van der Waals surface area contributed by atoms with Crippen LogP contribution in [-0.4, -0.2) is 0 Å². The number of rotatable bonds is 1. The smallest absolute Gasteiger partial charge is 0.0134 e. The minimum Gasteiger partial charge on any atom is -0.0985 e. The zero-order valence-electron chi connectivity index (χ0n) is 7.65. The summed E-state index contributed by atoms with van der Waals surface area (Å²) in [5, 5.41) is 0. The molecule has 0 bridgehead atoms. The zero-order chi connectivity index (χ0) is 8.48. The lowest BCUT2D eigenvalue weighted by Gasteiger charge is -2.25. The highest BCUT2D eigenvalue weighted by Gasteiger charge is 2.18. The molecule has 0 amide bonds. The summed E-state index contributed by atoms with van der Waals surface area (Å²) in [5.74, 6) is 0. The van der Waals surface area contributed by atoms with Gasteiger partial charge in [0.2, 0.25) is 0 Å². The van der Waals surface area contributed by atoms with Gasteiger partial charge >= 0.3 is 0 Å². The molecule has 0 aromatic rings. The van der Waals surface area contributed by atoms with Crippen molar-refractivity contribution in [2.45, 2.75) is 27.2 Å². The van der Waals surface area contributed by atoms with E-state index in [1.165, 1.54) is 11.1 Å². The molecule has 0 nitrogen and oxygen atoms in total. The molecular formula is C11H16. The molecule has 11 heavy (non-hydrogen) atoms. The van der Waals surface area contributed by atoms with Crippen LogP contribution in [0, 0.1) is 5.41 Å². The minimum absolute atomic E-state index is 0.344. The van der Waals surface area contributed by atoms with E-state index in [0.717, 1.165) is 6.42 Å². The second kappa shape index (κ2) is 2.69. The van der Waals surface area contributed by atoms with Gasteiger partial charge in [0.1, 0.15) is 0 Å². The monoisotopic (exact) mass is 148 g/mol. The molecule has 0 fully saturated rings. The van der Waals surface area contributed by atoms with Gasteiger partial charge in [-0.2, -0.15) is 0 Å². The van der Waals surface area contributed by atoms with E-state index in [4.69, 9.17) is 0 Å².